The number of carbonyl (C=O) groups excluding carboxylic acids is 1. The topological polar surface area (TPSA) is 109 Å². The average Bonchev–Trinajstić information content (AvgIpc) is 2.80. The minimum absolute atomic E-state index is 0.0203. The molecule has 3 N–H and O–H groups in total. The molecule has 1 unspecified atom stereocenters. The highest BCUT2D eigenvalue weighted by molar-refractivity contribution is 6.04. The Morgan fingerprint density at radius 3 is 2.80 bits per heavy atom. The van der Waals surface area contributed by atoms with Crippen molar-refractivity contribution in [1.29, 1.82) is 0 Å². The van der Waals surface area contributed by atoms with Gasteiger partial charge in [-0.05, 0) is 12.1 Å². The molecule has 102 valence electrons. The fourth-order valence-corrected chi connectivity index (χ4v) is 2.36. The molecule has 2 heterocycles. The van der Waals surface area contributed by atoms with Crippen molar-refractivity contribution in [3.05, 3.63) is 24.3 Å². The molecule has 0 radical (unpaired) electrons. The number of carbonyl (C=O) groups is 2. The smallest absolute Gasteiger partial charge is 0.308 e. The number of amides is 1. The molecule has 1 atom stereocenters. The number of benzene rings is 1. The van der Waals surface area contributed by atoms with E-state index >= 15 is 0 Å². The Bertz CT molecular complexity index is 716. The van der Waals surface area contributed by atoms with Crippen LogP contribution in [0.1, 0.15) is 6.42 Å². The van der Waals surface area contributed by atoms with Crippen LogP contribution in [0.2, 0.25) is 0 Å². The Hall–Kier alpha value is -2.70. The first-order valence-corrected chi connectivity index (χ1v) is 6.11. The number of aliphatic carboxylic acids is 1. The van der Waals surface area contributed by atoms with Crippen LogP contribution in [0.15, 0.2) is 24.3 Å². The molecule has 0 aliphatic carbocycles. The maximum atomic E-state index is 12.0. The van der Waals surface area contributed by atoms with Gasteiger partial charge in [0.05, 0.1) is 11.4 Å². The fourth-order valence-electron chi connectivity index (χ4n) is 2.36. The van der Waals surface area contributed by atoms with E-state index in [2.05, 4.69) is 9.97 Å². The van der Waals surface area contributed by atoms with Crippen molar-refractivity contribution in [3.63, 3.8) is 0 Å². The summed E-state index contributed by atoms with van der Waals surface area (Å²) in [6, 6.07) is 7.17. The number of nitrogen functional groups attached to an aromatic ring is 1. The Labute approximate surface area is 114 Å². The van der Waals surface area contributed by atoms with E-state index in [1.54, 1.807) is 18.2 Å². The first-order valence-electron chi connectivity index (χ1n) is 6.11. The summed E-state index contributed by atoms with van der Waals surface area (Å²) in [7, 11) is 0. The molecular weight excluding hydrogens is 260 g/mol. The van der Waals surface area contributed by atoms with Gasteiger partial charge in [0.1, 0.15) is 5.82 Å². The molecule has 0 saturated carbocycles. The van der Waals surface area contributed by atoms with Crippen LogP contribution in [-0.2, 0) is 9.59 Å². The van der Waals surface area contributed by atoms with Gasteiger partial charge < -0.3 is 10.8 Å². The predicted octanol–water partition coefficient (Wildman–Crippen LogP) is 0.649. The normalized spacial score (nSPS) is 18.7. The molecule has 7 heteroatoms. The maximum absolute atomic E-state index is 12.0. The summed E-state index contributed by atoms with van der Waals surface area (Å²) < 4.78 is 0. The second-order valence-electron chi connectivity index (χ2n) is 4.67. The van der Waals surface area contributed by atoms with Crippen LogP contribution in [0.3, 0.4) is 0 Å². The molecule has 1 aromatic heterocycles. The highest BCUT2D eigenvalue weighted by Crippen LogP contribution is 2.29. The quantitative estimate of drug-likeness (QED) is 0.830. The molecule has 1 aromatic carbocycles. The Morgan fingerprint density at radius 1 is 1.35 bits per heavy atom. The standard InChI is InChI=1S/C13H12N4O3/c14-13-15-9-4-2-1-3-8(9)11(16-13)17-6-7(12(19)20)5-10(17)18/h1-4,7H,5-6H2,(H,19,20)(H2,14,15,16). The molecule has 1 saturated heterocycles. The van der Waals surface area contributed by atoms with Gasteiger partial charge in [0.15, 0.2) is 0 Å². The van der Waals surface area contributed by atoms with E-state index in [4.69, 9.17) is 10.8 Å². The van der Waals surface area contributed by atoms with Crippen LogP contribution >= 0.6 is 0 Å². The summed E-state index contributed by atoms with van der Waals surface area (Å²) in [6.07, 6.45) is -0.0203. The van der Waals surface area contributed by atoms with E-state index < -0.39 is 11.9 Å². The molecule has 2 aromatic rings. The van der Waals surface area contributed by atoms with Gasteiger partial charge in [-0.15, -0.1) is 0 Å². The van der Waals surface area contributed by atoms with Gasteiger partial charge in [-0.2, -0.15) is 4.98 Å². The number of aromatic nitrogens is 2. The van der Waals surface area contributed by atoms with E-state index in [0.717, 1.165) is 0 Å². The summed E-state index contributed by atoms with van der Waals surface area (Å²) >= 11 is 0. The second-order valence-corrected chi connectivity index (χ2v) is 4.67. The molecule has 3 rings (SSSR count). The number of rotatable bonds is 2. The molecule has 0 spiro atoms. The fraction of sp³-hybridized carbons (Fsp3) is 0.231. The zero-order valence-corrected chi connectivity index (χ0v) is 10.5. The van der Waals surface area contributed by atoms with Crippen molar-refractivity contribution in [2.24, 2.45) is 5.92 Å². The lowest BCUT2D eigenvalue weighted by molar-refractivity contribution is -0.141. The van der Waals surface area contributed by atoms with Crippen LogP contribution < -0.4 is 10.6 Å². The zero-order chi connectivity index (χ0) is 14.3. The summed E-state index contributed by atoms with van der Waals surface area (Å²) in [5.41, 5.74) is 6.28. The molecule has 1 fully saturated rings. The van der Waals surface area contributed by atoms with E-state index in [-0.39, 0.29) is 24.8 Å². The molecule has 1 amide bonds. The van der Waals surface area contributed by atoms with Gasteiger partial charge in [-0.25, -0.2) is 4.98 Å². The van der Waals surface area contributed by atoms with Crippen molar-refractivity contribution in [1.82, 2.24) is 9.97 Å². The predicted molar refractivity (Wildman–Crippen MR) is 72.0 cm³/mol. The first kappa shape index (κ1) is 12.3. The van der Waals surface area contributed by atoms with Gasteiger partial charge in [0, 0.05) is 18.4 Å². The summed E-state index contributed by atoms with van der Waals surface area (Å²) in [6.45, 7) is 0.106. The number of carboxylic acid groups (broad SMARTS) is 1. The van der Waals surface area contributed by atoms with Crippen LogP contribution in [0.4, 0.5) is 11.8 Å². The van der Waals surface area contributed by atoms with Crippen LogP contribution in [0.25, 0.3) is 10.9 Å². The monoisotopic (exact) mass is 272 g/mol. The van der Waals surface area contributed by atoms with E-state index in [1.165, 1.54) is 4.90 Å². The van der Waals surface area contributed by atoms with E-state index in [1.807, 2.05) is 6.07 Å². The highest BCUT2D eigenvalue weighted by atomic mass is 16.4. The molecule has 1 aliphatic rings. The maximum Gasteiger partial charge on any atom is 0.308 e. The molecule has 0 bridgehead atoms. The van der Waals surface area contributed by atoms with Crippen LogP contribution in [-0.4, -0.2) is 33.5 Å². The number of hydrogen-bond acceptors (Lipinski definition) is 5. The van der Waals surface area contributed by atoms with Gasteiger partial charge in [0.2, 0.25) is 11.9 Å². The van der Waals surface area contributed by atoms with Gasteiger partial charge in [0.25, 0.3) is 0 Å². The lowest BCUT2D eigenvalue weighted by atomic mass is 10.1. The third-order valence-electron chi connectivity index (χ3n) is 3.33. The lowest BCUT2D eigenvalue weighted by Gasteiger charge is -2.17. The van der Waals surface area contributed by atoms with E-state index in [0.29, 0.717) is 16.7 Å². The van der Waals surface area contributed by atoms with Gasteiger partial charge >= 0.3 is 5.97 Å². The molecular formula is C13H12N4O3. The number of para-hydroxylation sites is 1. The van der Waals surface area contributed by atoms with Crippen molar-refractivity contribution >= 4 is 34.5 Å². The Balaban J connectivity index is 2.10. The van der Waals surface area contributed by atoms with Crippen LogP contribution in [0, 0.1) is 5.92 Å². The molecule has 20 heavy (non-hydrogen) atoms. The number of nitrogens with zero attached hydrogens (tertiary/aromatic N) is 3. The molecule has 1 aliphatic heterocycles. The average molecular weight is 272 g/mol. The SMILES string of the molecule is Nc1nc(N2CC(C(=O)O)CC2=O)c2ccccc2n1. The number of fused-ring (bicyclic) bond motifs is 1. The minimum atomic E-state index is -0.979. The Morgan fingerprint density at radius 2 is 2.10 bits per heavy atom. The number of anilines is 2. The van der Waals surface area contributed by atoms with E-state index in [9.17, 15) is 9.59 Å². The third kappa shape index (κ3) is 1.93. The first-order chi connectivity index (χ1) is 9.56. The number of carboxylic acids is 1. The minimum Gasteiger partial charge on any atom is -0.481 e. The third-order valence-corrected chi connectivity index (χ3v) is 3.33. The highest BCUT2D eigenvalue weighted by Gasteiger charge is 2.36. The number of nitrogens with two attached hydrogens (primary N) is 1. The van der Waals surface area contributed by atoms with Crippen molar-refractivity contribution in [2.75, 3.05) is 17.2 Å². The van der Waals surface area contributed by atoms with Gasteiger partial charge in [-0.3, -0.25) is 14.5 Å². The lowest BCUT2D eigenvalue weighted by Crippen LogP contribution is -2.27. The zero-order valence-electron chi connectivity index (χ0n) is 10.5. The van der Waals surface area contributed by atoms with Gasteiger partial charge in [-0.1, -0.05) is 12.1 Å². The van der Waals surface area contributed by atoms with Crippen molar-refractivity contribution in [3.8, 4) is 0 Å². The second kappa shape index (κ2) is 4.44. The summed E-state index contributed by atoms with van der Waals surface area (Å²) in [5, 5.41) is 9.71. The Kier molecular flexibility index (Phi) is 2.74. The van der Waals surface area contributed by atoms with Crippen molar-refractivity contribution < 1.29 is 14.7 Å². The molecule has 7 nitrogen and oxygen atoms in total. The summed E-state index contributed by atoms with van der Waals surface area (Å²) in [5.74, 6) is -1.52. The summed E-state index contributed by atoms with van der Waals surface area (Å²) in [4.78, 5) is 32.6. The largest absolute Gasteiger partial charge is 0.481 e. The van der Waals surface area contributed by atoms with Crippen molar-refractivity contribution in [2.45, 2.75) is 6.42 Å². The number of hydrogen-bond donors (Lipinski definition) is 2. The van der Waals surface area contributed by atoms with Crippen LogP contribution in [0.5, 0.6) is 0 Å².